The SMILES string of the molecule is CCCC(CCCCC(C)CCC(CC)C(C)CC(C)CCC(C)C)C(C)C. The minimum absolute atomic E-state index is 0.860. The van der Waals surface area contributed by atoms with Gasteiger partial charge in [0.05, 0.1) is 0 Å². The highest BCUT2D eigenvalue weighted by molar-refractivity contribution is 4.71. The molecule has 0 aliphatic rings. The highest BCUT2D eigenvalue weighted by Crippen LogP contribution is 2.31. The molecule has 0 saturated heterocycles. The maximum absolute atomic E-state index is 2.53. The van der Waals surface area contributed by atoms with Gasteiger partial charge in [-0.1, -0.05) is 127 Å². The molecule has 0 spiro atoms. The van der Waals surface area contributed by atoms with E-state index in [0.717, 1.165) is 41.4 Å². The van der Waals surface area contributed by atoms with Crippen molar-refractivity contribution in [1.29, 1.82) is 0 Å². The zero-order valence-electron chi connectivity index (χ0n) is 21.5. The average Bonchev–Trinajstić information content (AvgIpc) is 2.62. The van der Waals surface area contributed by atoms with E-state index in [4.69, 9.17) is 0 Å². The molecular formula is C28H58. The summed E-state index contributed by atoms with van der Waals surface area (Å²) >= 11 is 0. The predicted octanol–water partition coefficient (Wildman–Crippen LogP) is 10.2. The number of rotatable bonds is 18. The Labute approximate surface area is 181 Å². The van der Waals surface area contributed by atoms with Gasteiger partial charge >= 0.3 is 0 Å². The molecule has 0 rings (SSSR count). The van der Waals surface area contributed by atoms with Crippen LogP contribution >= 0.6 is 0 Å². The highest BCUT2D eigenvalue weighted by atomic mass is 14.2. The van der Waals surface area contributed by atoms with Crippen LogP contribution in [0, 0.1) is 41.4 Å². The van der Waals surface area contributed by atoms with Gasteiger partial charge in [-0.15, -0.1) is 0 Å². The van der Waals surface area contributed by atoms with E-state index in [0.29, 0.717) is 0 Å². The Balaban J connectivity index is 4.06. The molecule has 0 amide bonds. The van der Waals surface area contributed by atoms with Crippen LogP contribution in [0.15, 0.2) is 0 Å². The first kappa shape index (κ1) is 28.0. The van der Waals surface area contributed by atoms with E-state index in [2.05, 4.69) is 62.3 Å². The summed E-state index contributed by atoms with van der Waals surface area (Å²) in [5, 5.41) is 0. The van der Waals surface area contributed by atoms with Crippen molar-refractivity contribution in [1.82, 2.24) is 0 Å². The molecule has 5 unspecified atom stereocenters. The fourth-order valence-electron chi connectivity index (χ4n) is 5.18. The summed E-state index contributed by atoms with van der Waals surface area (Å²) in [6.45, 7) is 21.8. The second-order valence-corrected chi connectivity index (χ2v) is 11.2. The Hall–Kier alpha value is 0. The van der Waals surface area contributed by atoms with Crippen LogP contribution in [-0.4, -0.2) is 0 Å². The summed E-state index contributed by atoms with van der Waals surface area (Å²) < 4.78 is 0. The topological polar surface area (TPSA) is 0 Å². The Kier molecular flexibility index (Phi) is 16.8. The number of hydrogen-bond acceptors (Lipinski definition) is 0. The molecule has 28 heavy (non-hydrogen) atoms. The largest absolute Gasteiger partial charge is 0.0654 e. The summed E-state index contributed by atoms with van der Waals surface area (Å²) in [4.78, 5) is 0. The lowest BCUT2D eigenvalue weighted by Crippen LogP contribution is -2.16. The predicted molar refractivity (Wildman–Crippen MR) is 131 cm³/mol. The molecule has 0 aromatic carbocycles. The Morgan fingerprint density at radius 1 is 0.536 bits per heavy atom. The molecule has 0 heterocycles. The monoisotopic (exact) mass is 394 g/mol. The second kappa shape index (κ2) is 16.8. The minimum atomic E-state index is 0.860. The van der Waals surface area contributed by atoms with Crippen LogP contribution in [0.2, 0.25) is 0 Å². The van der Waals surface area contributed by atoms with E-state index in [-0.39, 0.29) is 0 Å². The molecule has 0 radical (unpaired) electrons. The number of hydrogen-bond donors (Lipinski definition) is 0. The first-order valence-electron chi connectivity index (χ1n) is 13.2. The van der Waals surface area contributed by atoms with E-state index >= 15 is 0 Å². The molecule has 0 bridgehead atoms. The lowest BCUT2D eigenvalue weighted by atomic mass is 9.79. The van der Waals surface area contributed by atoms with Gasteiger partial charge < -0.3 is 0 Å². The summed E-state index contributed by atoms with van der Waals surface area (Å²) in [5.41, 5.74) is 0. The Morgan fingerprint density at radius 3 is 1.68 bits per heavy atom. The maximum Gasteiger partial charge on any atom is -0.0391 e. The molecule has 0 aliphatic carbocycles. The van der Waals surface area contributed by atoms with E-state index in [9.17, 15) is 0 Å². The van der Waals surface area contributed by atoms with Gasteiger partial charge in [0.1, 0.15) is 0 Å². The maximum atomic E-state index is 2.53. The zero-order chi connectivity index (χ0) is 21.5. The minimum Gasteiger partial charge on any atom is -0.0654 e. The van der Waals surface area contributed by atoms with Crippen LogP contribution < -0.4 is 0 Å². The molecule has 0 aromatic heterocycles. The van der Waals surface area contributed by atoms with E-state index in [1.807, 2.05) is 0 Å². The van der Waals surface area contributed by atoms with Crippen LogP contribution in [0.3, 0.4) is 0 Å². The fraction of sp³-hybridized carbons (Fsp3) is 1.00. The molecule has 0 N–H and O–H groups in total. The molecule has 0 saturated carbocycles. The lowest BCUT2D eigenvalue weighted by Gasteiger charge is -2.27. The van der Waals surface area contributed by atoms with E-state index in [1.165, 1.54) is 77.0 Å². The normalized spacial score (nSPS) is 17.7. The van der Waals surface area contributed by atoms with Gasteiger partial charge in [-0.3, -0.25) is 0 Å². The first-order chi connectivity index (χ1) is 13.2. The zero-order valence-corrected chi connectivity index (χ0v) is 21.5. The van der Waals surface area contributed by atoms with Crippen molar-refractivity contribution in [3.63, 3.8) is 0 Å². The first-order valence-corrected chi connectivity index (χ1v) is 13.2. The molecule has 170 valence electrons. The Bertz CT molecular complexity index is 329. The van der Waals surface area contributed by atoms with Gasteiger partial charge in [0.2, 0.25) is 0 Å². The average molecular weight is 395 g/mol. The fourth-order valence-corrected chi connectivity index (χ4v) is 5.18. The van der Waals surface area contributed by atoms with Crippen molar-refractivity contribution in [2.75, 3.05) is 0 Å². The van der Waals surface area contributed by atoms with Gasteiger partial charge in [0.25, 0.3) is 0 Å². The van der Waals surface area contributed by atoms with Crippen molar-refractivity contribution in [3.05, 3.63) is 0 Å². The third-order valence-corrected chi connectivity index (χ3v) is 7.49. The highest BCUT2D eigenvalue weighted by Gasteiger charge is 2.19. The van der Waals surface area contributed by atoms with Crippen molar-refractivity contribution in [2.45, 2.75) is 139 Å². The molecular weight excluding hydrogens is 336 g/mol. The van der Waals surface area contributed by atoms with Crippen LogP contribution in [0.4, 0.5) is 0 Å². The van der Waals surface area contributed by atoms with Gasteiger partial charge in [-0.25, -0.2) is 0 Å². The van der Waals surface area contributed by atoms with Gasteiger partial charge in [-0.05, 0) is 54.3 Å². The van der Waals surface area contributed by atoms with Crippen LogP contribution in [0.1, 0.15) is 139 Å². The van der Waals surface area contributed by atoms with Crippen molar-refractivity contribution < 1.29 is 0 Å². The lowest BCUT2D eigenvalue weighted by molar-refractivity contribution is 0.244. The molecule has 0 heteroatoms. The molecule has 0 fully saturated rings. The number of unbranched alkanes of at least 4 members (excludes halogenated alkanes) is 1. The van der Waals surface area contributed by atoms with E-state index < -0.39 is 0 Å². The summed E-state index contributed by atoms with van der Waals surface area (Å²) in [6, 6.07) is 0. The van der Waals surface area contributed by atoms with Crippen molar-refractivity contribution in [3.8, 4) is 0 Å². The smallest absolute Gasteiger partial charge is 0.0391 e. The van der Waals surface area contributed by atoms with Crippen molar-refractivity contribution in [2.24, 2.45) is 41.4 Å². The molecule has 0 aromatic rings. The summed E-state index contributed by atoms with van der Waals surface area (Å²) in [6.07, 6.45) is 17.1. The van der Waals surface area contributed by atoms with Crippen LogP contribution in [-0.2, 0) is 0 Å². The standard InChI is InChI=1S/C28H58/c1-10-14-28(23(5)6)16-13-12-15-24(7)19-20-27(11-2)26(9)21-25(8)18-17-22(3)4/h22-28H,10-21H2,1-9H3. The van der Waals surface area contributed by atoms with Gasteiger partial charge in [0.15, 0.2) is 0 Å². The van der Waals surface area contributed by atoms with Gasteiger partial charge in [0, 0.05) is 0 Å². The summed E-state index contributed by atoms with van der Waals surface area (Å²) in [7, 11) is 0. The van der Waals surface area contributed by atoms with Crippen LogP contribution in [0.5, 0.6) is 0 Å². The molecule has 0 nitrogen and oxygen atoms in total. The van der Waals surface area contributed by atoms with Crippen LogP contribution in [0.25, 0.3) is 0 Å². The molecule has 5 atom stereocenters. The van der Waals surface area contributed by atoms with Gasteiger partial charge in [-0.2, -0.15) is 0 Å². The van der Waals surface area contributed by atoms with E-state index in [1.54, 1.807) is 0 Å². The third kappa shape index (κ3) is 14.1. The Morgan fingerprint density at radius 2 is 1.14 bits per heavy atom. The second-order valence-electron chi connectivity index (χ2n) is 11.2. The van der Waals surface area contributed by atoms with Crippen molar-refractivity contribution >= 4 is 0 Å². The summed E-state index contributed by atoms with van der Waals surface area (Å²) in [5.74, 6) is 6.36. The molecule has 0 aliphatic heterocycles. The third-order valence-electron chi connectivity index (χ3n) is 7.49. The quantitative estimate of drug-likeness (QED) is 0.203.